The number of amides is 1. The zero-order valence-electron chi connectivity index (χ0n) is 14.2. The number of aryl methyl sites for hydroxylation is 1. The maximum atomic E-state index is 12.1. The summed E-state index contributed by atoms with van der Waals surface area (Å²) in [5, 5.41) is 2.82. The summed E-state index contributed by atoms with van der Waals surface area (Å²) in [6.07, 6.45) is 2.49. The van der Waals surface area contributed by atoms with E-state index in [1.807, 2.05) is 24.3 Å². The van der Waals surface area contributed by atoms with E-state index in [4.69, 9.17) is 0 Å². The molecule has 138 valence electrons. The molecule has 7 heteroatoms. The monoisotopic (exact) mass is 436 g/mol. The molecule has 2 rings (SSSR count). The van der Waals surface area contributed by atoms with Gasteiger partial charge in [-0.1, -0.05) is 52.3 Å². The van der Waals surface area contributed by atoms with Crippen LogP contribution < -0.4 is 10.0 Å². The fourth-order valence-corrected chi connectivity index (χ4v) is 3.90. The number of hydrogen-bond donors (Lipinski definition) is 2. The summed E-state index contributed by atoms with van der Waals surface area (Å²) >= 11 is 3.47. The first-order valence-electron chi connectivity index (χ1n) is 8.10. The second-order valence-corrected chi connectivity index (χ2v) is 8.39. The van der Waals surface area contributed by atoms with Crippen molar-refractivity contribution in [1.82, 2.24) is 4.72 Å². The third-order valence-corrected chi connectivity index (χ3v) is 5.71. The smallest absolute Gasteiger partial charge is 0.224 e. The maximum absolute atomic E-state index is 12.1. The summed E-state index contributed by atoms with van der Waals surface area (Å²) in [5.74, 6) is -0.203. The first kappa shape index (κ1) is 20.4. The number of benzene rings is 2. The molecule has 0 unspecified atom stereocenters. The Balaban J connectivity index is 1.87. The lowest BCUT2D eigenvalue weighted by atomic mass is 10.1. The summed E-state index contributed by atoms with van der Waals surface area (Å²) in [5.41, 5.74) is 2.37. The van der Waals surface area contributed by atoms with Crippen LogP contribution in [0, 0.1) is 0 Å². The standard InChI is InChI=1S/C19H21BrN2O3S/c1-2-13-21-26(24,25)14-15-7-10-17(11-8-15)22-19(23)12-9-16-5-3-4-6-18(16)20/h2-8,10-11,21H,1,9,12-14H2,(H,22,23). The number of rotatable bonds is 9. The number of nitrogens with one attached hydrogen (secondary N) is 2. The summed E-state index contributed by atoms with van der Waals surface area (Å²) in [6.45, 7) is 3.68. The van der Waals surface area contributed by atoms with E-state index >= 15 is 0 Å². The van der Waals surface area contributed by atoms with E-state index in [1.165, 1.54) is 6.08 Å². The van der Waals surface area contributed by atoms with Crippen molar-refractivity contribution in [2.75, 3.05) is 11.9 Å². The molecular formula is C19H21BrN2O3S. The fourth-order valence-electron chi connectivity index (χ4n) is 2.31. The number of hydrogen-bond acceptors (Lipinski definition) is 3. The van der Waals surface area contributed by atoms with Gasteiger partial charge in [0.15, 0.2) is 0 Å². The van der Waals surface area contributed by atoms with E-state index in [9.17, 15) is 13.2 Å². The largest absolute Gasteiger partial charge is 0.326 e. The summed E-state index contributed by atoms with van der Waals surface area (Å²) < 4.78 is 27.1. The number of halogens is 1. The molecule has 1 amide bonds. The van der Waals surface area contributed by atoms with E-state index in [0.29, 0.717) is 24.1 Å². The third-order valence-electron chi connectivity index (χ3n) is 3.62. The van der Waals surface area contributed by atoms with Gasteiger partial charge >= 0.3 is 0 Å². The lowest BCUT2D eigenvalue weighted by Gasteiger charge is -2.08. The van der Waals surface area contributed by atoms with Crippen molar-refractivity contribution in [3.05, 3.63) is 76.8 Å². The van der Waals surface area contributed by atoms with E-state index < -0.39 is 10.0 Å². The van der Waals surface area contributed by atoms with Gasteiger partial charge in [0.25, 0.3) is 0 Å². The number of carbonyl (C=O) groups excluding carboxylic acids is 1. The molecule has 0 fully saturated rings. The molecule has 5 nitrogen and oxygen atoms in total. The predicted octanol–water partition coefficient (Wildman–Crippen LogP) is 3.63. The van der Waals surface area contributed by atoms with Crippen LogP contribution in [0.5, 0.6) is 0 Å². The second-order valence-electron chi connectivity index (χ2n) is 5.73. The quantitative estimate of drug-likeness (QED) is 0.589. The average Bonchev–Trinajstić information content (AvgIpc) is 2.61. The first-order valence-corrected chi connectivity index (χ1v) is 10.5. The molecule has 0 spiro atoms. The highest BCUT2D eigenvalue weighted by Crippen LogP contribution is 2.18. The Bertz CT molecular complexity index is 865. The molecule has 0 saturated heterocycles. The summed E-state index contributed by atoms with van der Waals surface area (Å²) in [4.78, 5) is 12.1. The molecule has 2 aromatic carbocycles. The van der Waals surface area contributed by atoms with Gasteiger partial charge in [0.1, 0.15) is 0 Å². The molecule has 0 heterocycles. The predicted molar refractivity (Wildman–Crippen MR) is 108 cm³/mol. The molecule has 0 aliphatic carbocycles. The van der Waals surface area contributed by atoms with Crippen molar-refractivity contribution >= 4 is 37.5 Å². The lowest BCUT2D eigenvalue weighted by Crippen LogP contribution is -2.25. The molecule has 0 atom stereocenters. The van der Waals surface area contributed by atoms with Gasteiger partial charge in [-0.25, -0.2) is 13.1 Å². The zero-order chi connectivity index (χ0) is 19.0. The van der Waals surface area contributed by atoms with Crippen molar-refractivity contribution < 1.29 is 13.2 Å². The highest BCUT2D eigenvalue weighted by molar-refractivity contribution is 9.10. The van der Waals surface area contributed by atoms with Crippen LogP contribution in [0.25, 0.3) is 0 Å². The molecule has 2 N–H and O–H groups in total. The Labute approximate surface area is 162 Å². The van der Waals surface area contributed by atoms with Gasteiger partial charge < -0.3 is 5.32 Å². The Morgan fingerprint density at radius 1 is 1.12 bits per heavy atom. The highest BCUT2D eigenvalue weighted by atomic mass is 79.9. The van der Waals surface area contributed by atoms with Crippen molar-refractivity contribution in [1.29, 1.82) is 0 Å². The van der Waals surface area contributed by atoms with Gasteiger partial charge in [0.2, 0.25) is 15.9 Å². The minimum Gasteiger partial charge on any atom is -0.326 e. The minimum atomic E-state index is -3.39. The number of anilines is 1. The van der Waals surface area contributed by atoms with Gasteiger partial charge in [-0.05, 0) is 35.7 Å². The minimum absolute atomic E-state index is 0.0891. The van der Waals surface area contributed by atoms with E-state index in [0.717, 1.165) is 10.0 Å². The average molecular weight is 437 g/mol. The third kappa shape index (κ3) is 6.74. The fraction of sp³-hybridized carbons (Fsp3) is 0.211. The zero-order valence-corrected chi connectivity index (χ0v) is 16.6. The summed E-state index contributed by atoms with van der Waals surface area (Å²) in [6, 6.07) is 14.6. The topological polar surface area (TPSA) is 75.3 Å². The Kier molecular flexibility index (Phi) is 7.56. The molecule has 0 saturated carbocycles. The van der Waals surface area contributed by atoms with Crippen LogP contribution in [0.15, 0.2) is 65.7 Å². The lowest BCUT2D eigenvalue weighted by molar-refractivity contribution is -0.116. The van der Waals surface area contributed by atoms with E-state index in [-0.39, 0.29) is 18.2 Å². The van der Waals surface area contributed by atoms with Crippen LogP contribution in [0.3, 0.4) is 0 Å². The molecule has 0 aromatic heterocycles. The summed E-state index contributed by atoms with van der Waals surface area (Å²) in [7, 11) is -3.39. The normalized spacial score (nSPS) is 11.1. The maximum Gasteiger partial charge on any atom is 0.224 e. The molecule has 0 bridgehead atoms. The van der Waals surface area contributed by atoms with Crippen LogP contribution in [0.1, 0.15) is 17.5 Å². The van der Waals surface area contributed by atoms with Crippen molar-refractivity contribution in [2.24, 2.45) is 0 Å². The van der Waals surface area contributed by atoms with Crippen LogP contribution in [0.2, 0.25) is 0 Å². The SMILES string of the molecule is C=CCNS(=O)(=O)Cc1ccc(NC(=O)CCc2ccccc2Br)cc1. The Hall–Kier alpha value is -1.96. The molecule has 0 aliphatic heterocycles. The van der Waals surface area contributed by atoms with Crippen LogP contribution >= 0.6 is 15.9 Å². The van der Waals surface area contributed by atoms with Crippen molar-refractivity contribution in [3.63, 3.8) is 0 Å². The number of carbonyl (C=O) groups is 1. The van der Waals surface area contributed by atoms with Crippen molar-refractivity contribution in [3.8, 4) is 0 Å². The van der Waals surface area contributed by atoms with Gasteiger partial charge in [-0.2, -0.15) is 0 Å². The first-order chi connectivity index (χ1) is 12.4. The molecule has 26 heavy (non-hydrogen) atoms. The van der Waals surface area contributed by atoms with Crippen molar-refractivity contribution in [2.45, 2.75) is 18.6 Å². The van der Waals surface area contributed by atoms with Crippen LogP contribution in [-0.2, 0) is 27.0 Å². The Morgan fingerprint density at radius 2 is 1.81 bits per heavy atom. The molecule has 2 aromatic rings. The van der Waals surface area contributed by atoms with Gasteiger partial charge in [0, 0.05) is 23.1 Å². The van der Waals surface area contributed by atoms with Gasteiger partial charge in [-0.15, -0.1) is 6.58 Å². The van der Waals surface area contributed by atoms with E-state index in [2.05, 4.69) is 32.5 Å². The molecule has 0 radical (unpaired) electrons. The van der Waals surface area contributed by atoms with Crippen LogP contribution in [0.4, 0.5) is 5.69 Å². The van der Waals surface area contributed by atoms with Gasteiger partial charge in [0.05, 0.1) is 5.75 Å². The van der Waals surface area contributed by atoms with Crippen LogP contribution in [-0.4, -0.2) is 20.9 Å². The number of sulfonamides is 1. The molecular weight excluding hydrogens is 416 g/mol. The van der Waals surface area contributed by atoms with Gasteiger partial charge in [-0.3, -0.25) is 4.79 Å². The molecule has 0 aliphatic rings. The highest BCUT2D eigenvalue weighted by Gasteiger charge is 2.10. The second kappa shape index (κ2) is 9.66. The van der Waals surface area contributed by atoms with E-state index in [1.54, 1.807) is 24.3 Å². The Morgan fingerprint density at radius 3 is 2.46 bits per heavy atom.